The van der Waals surface area contributed by atoms with Gasteiger partial charge in [0.15, 0.2) is 0 Å². The van der Waals surface area contributed by atoms with Crippen LogP contribution < -0.4 is 5.32 Å². The van der Waals surface area contributed by atoms with Gasteiger partial charge >= 0.3 is 0 Å². The molecule has 1 aliphatic heterocycles. The number of rotatable bonds is 6. The van der Waals surface area contributed by atoms with Gasteiger partial charge in [0.2, 0.25) is 10.0 Å². The van der Waals surface area contributed by atoms with Gasteiger partial charge in [-0.3, -0.25) is 0 Å². The molecule has 21 heavy (non-hydrogen) atoms. The standard InChI is InChI=1S/C15H24N2O3S/c1-17(2)21(18,19)15-9-4-3-8-14(15)16-11-10-13-7-5-6-12-20-13/h3-4,8-9,13,16H,5-7,10-12H2,1-2H3. The summed E-state index contributed by atoms with van der Waals surface area (Å²) in [7, 11) is -0.336. The third kappa shape index (κ3) is 4.18. The summed E-state index contributed by atoms with van der Waals surface area (Å²) in [5, 5.41) is 3.24. The van der Waals surface area contributed by atoms with Gasteiger partial charge in [-0.05, 0) is 37.8 Å². The molecule has 0 aliphatic carbocycles. The Balaban J connectivity index is 2.00. The van der Waals surface area contributed by atoms with E-state index in [4.69, 9.17) is 4.74 Å². The first-order valence-corrected chi connectivity index (χ1v) is 8.83. The normalized spacial score (nSPS) is 19.7. The lowest BCUT2D eigenvalue weighted by molar-refractivity contribution is 0.0134. The van der Waals surface area contributed by atoms with Crippen LogP contribution in [0.3, 0.4) is 0 Å². The number of sulfonamides is 1. The van der Waals surface area contributed by atoms with Crippen LogP contribution in [-0.4, -0.2) is 46.1 Å². The number of benzene rings is 1. The minimum Gasteiger partial charge on any atom is -0.384 e. The molecule has 0 bridgehead atoms. The summed E-state index contributed by atoms with van der Waals surface area (Å²) in [6.45, 7) is 1.56. The van der Waals surface area contributed by atoms with E-state index in [0.717, 1.165) is 25.9 Å². The minimum absolute atomic E-state index is 0.295. The highest BCUT2D eigenvalue weighted by atomic mass is 32.2. The molecule has 1 aliphatic rings. The maximum absolute atomic E-state index is 12.3. The van der Waals surface area contributed by atoms with E-state index in [9.17, 15) is 8.42 Å². The highest BCUT2D eigenvalue weighted by molar-refractivity contribution is 7.89. The number of nitrogens with zero attached hydrogens (tertiary/aromatic N) is 1. The molecule has 1 fully saturated rings. The molecule has 0 saturated carbocycles. The zero-order chi connectivity index (χ0) is 15.3. The van der Waals surface area contributed by atoms with Crippen molar-refractivity contribution in [2.45, 2.75) is 36.7 Å². The van der Waals surface area contributed by atoms with Crippen LogP contribution in [0.4, 0.5) is 5.69 Å². The Morgan fingerprint density at radius 3 is 2.71 bits per heavy atom. The topological polar surface area (TPSA) is 58.6 Å². The van der Waals surface area contributed by atoms with Gasteiger partial charge in [-0.1, -0.05) is 12.1 Å². The molecule has 5 nitrogen and oxygen atoms in total. The smallest absolute Gasteiger partial charge is 0.244 e. The number of anilines is 1. The van der Waals surface area contributed by atoms with E-state index < -0.39 is 10.0 Å². The molecule has 1 unspecified atom stereocenters. The summed E-state index contributed by atoms with van der Waals surface area (Å²) in [6, 6.07) is 7.02. The fraction of sp³-hybridized carbons (Fsp3) is 0.600. The van der Waals surface area contributed by atoms with Crippen LogP contribution in [0, 0.1) is 0 Å². The van der Waals surface area contributed by atoms with Crippen LogP contribution in [0.15, 0.2) is 29.2 Å². The summed E-state index contributed by atoms with van der Waals surface area (Å²) in [6.07, 6.45) is 4.66. The van der Waals surface area contributed by atoms with Crippen molar-refractivity contribution in [1.82, 2.24) is 4.31 Å². The van der Waals surface area contributed by atoms with Crippen molar-refractivity contribution in [1.29, 1.82) is 0 Å². The fourth-order valence-electron chi connectivity index (χ4n) is 2.44. The fourth-order valence-corrected chi connectivity index (χ4v) is 3.50. The van der Waals surface area contributed by atoms with Gasteiger partial charge in [-0.25, -0.2) is 12.7 Å². The lowest BCUT2D eigenvalue weighted by atomic mass is 10.1. The second-order valence-corrected chi connectivity index (χ2v) is 7.61. The summed E-state index contributed by atoms with van der Waals surface area (Å²) in [5.74, 6) is 0. The molecule has 0 aromatic heterocycles. The maximum Gasteiger partial charge on any atom is 0.244 e. The Hall–Kier alpha value is -1.11. The summed E-state index contributed by atoms with van der Waals surface area (Å²) < 4.78 is 31.5. The zero-order valence-electron chi connectivity index (χ0n) is 12.7. The molecule has 0 radical (unpaired) electrons. The lowest BCUT2D eigenvalue weighted by Crippen LogP contribution is -2.24. The van der Waals surface area contributed by atoms with Crippen LogP contribution in [-0.2, 0) is 14.8 Å². The van der Waals surface area contributed by atoms with E-state index in [2.05, 4.69) is 5.32 Å². The van der Waals surface area contributed by atoms with Crippen LogP contribution in [0.1, 0.15) is 25.7 Å². The first-order valence-electron chi connectivity index (χ1n) is 7.39. The first kappa shape index (κ1) is 16.3. The molecular weight excluding hydrogens is 288 g/mol. The SMILES string of the molecule is CN(C)S(=O)(=O)c1ccccc1NCCC1CCCCO1. The predicted octanol–water partition coefficient (Wildman–Crippen LogP) is 2.31. The van der Waals surface area contributed by atoms with Crippen LogP contribution >= 0.6 is 0 Å². The van der Waals surface area contributed by atoms with E-state index in [0.29, 0.717) is 23.2 Å². The summed E-state index contributed by atoms with van der Waals surface area (Å²) >= 11 is 0. The number of hydrogen-bond donors (Lipinski definition) is 1. The average molecular weight is 312 g/mol. The third-order valence-corrected chi connectivity index (χ3v) is 5.57. The summed E-state index contributed by atoms with van der Waals surface area (Å²) in [4.78, 5) is 0.319. The molecule has 1 aromatic rings. The maximum atomic E-state index is 12.3. The molecule has 6 heteroatoms. The van der Waals surface area contributed by atoms with Crippen molar-refractivity contribution in [2.24, 2.45) is 0 Å². The van der Waals surface area contributed by atoms with Crippen molar-refractivity contribution in [2.75, 3.05) is 32.6 Å². The van der Waals surface area contributed by atoms with Crippen LogP contribution in [0.25, 0.3) is 0 Å². The largest absolute Gasteiger partial charge is 0.384 e. The number of hydrogen-bond acceptors (Lipinski definition) is 4. The molecule has 0 spiro atoms. The van der Waals surface area contributed by atoms with E-state index in [1.54, 1.807) is 32.3 Å². The number of para-hydroxylation sites is 1. The average Bonchev–Trinajstić information content (AvgIpc) is 2.48. The van der Waals surface area contributed by atoms with Gasteiger partial charge in [-0.15, -0.1) is 0 Å². The van der Waals surface area contributed by atoms with Crippen molar-refractivity contribution < 1.29 is 13.2 Å². The molecular formula is C15H24N2O3S. The van der Waals surface area contributed by atoms with Crippen molar-refractivity contribution in [3.05, 3.63) is 24.3 Å². The molecule has 1 aromatic carbocycles. The molecule has 1 saturated heterocycles. The second-order valence-electron chi connectivity index (χ2n) is 5.49. The van der Waals surface area contributed by atoms with Crippen LogP contribution in [0.2, 0.25) is 0 Å². The number of nitrogens with one attached hydrogen (secondary N) is 1. The molecule has 0 amide bonds. The van der Waals surface area contributed by atoms with Crippen molar-refractivity contribution in [3.63, 3.8) is 0 Å². The Bertz CT molecular complexity index is 552. The molecule has 1 atom stereocenters. The van der Waals surface area contributed by atoms with Gasteiger partial charge < -0.3 is 10.1 Å². The second kappa shape index (κ2) is 7.24. The lowest BCUT2D eigenvalue weighted by Gasteiger charge is -2.23. The van der Waals surface area contributed by atoms with Crippen molar-refractivity contribution in [3.8, 4) is 0 Å². The predicted molar refractivity (Wildman–Crippen MR) is 84.0 cm³/mol. The van der Waals surface area contributed by atoms with Gasteiger partial charge in [-0.2, -0.15) is 0 Å². The van der Waals surface area contributed by atoms with E-state index in [1.165, 1.54) is 10.7 Å². The molecule has 118 valence electrons. The minimum atomic E-state index is -3.42. The molecule has 1 heterocycles. The Labute approximate surface area is 127 Å². The third-order valence-electron chi connectivity index (χ3n) is 3.70. The number of ether oxygens (including phenoxy) is 1. The van der Waals surface area contributed by atoms with Gasteiger partial charge in [0.25, 0.3) is 0 Å². The van der Waals surface area contributed by atoms with E-state index >= 15 is 0 Å². The Morgan fingerprint density at radius 1 is 1.29 bits per heavy atom. The first-order chi connectivity index (χ1) is 10.0. The van der Waals surface area contributed by atoms with Gasteiger partial charge in [0.05, 0.1) is 11.8 Å². The Kier molecular flexibility index (Phi) is 5.61. The quantitative estimate of drug-likeness (QED) is 0.876. The zero-order valence-corrected chi connectivity index (χ0v) is 13.5. The monoisotopic (exact) mass is 312 g/mol. The van der Waals surface area contributed by atoms with Gasteiger partial charge in [0, 0.05) is 27.2 Å². The van der Waals surface area contributed by atoms with E-state index in [1.807, 2.05) is 6.07 Å². The molecule has 1 N–H and O–H groups in total. The Morgan fingerprint density at radius 2 is 2.05 bits per heavy atom. The van der Waals surface area contributed by atoms with Crippen LogP contribution in [0.5, 0.6) is 0 Å². The highest BCUT2D eigenvalue weighted by Gasteiger charge is 2.21. The van der Waals surface area contributed by atoms with Crippen molar-refractivity contribution >= 4 is 15.7 Å². The molecule has 2 rings (SSSR count). The van der Waals surface area contributed by atoms with Gasteiger partial charge in [0.1, 0.15) is 4.90 Å². The highest BCUT2D eigenvalue weighted by Crippen LogP contribution is 2.23. The van der Waals surface area contributed by atoms with E-state index in [-0.39, 0.29) is 0 Å². The summed E-state index contributed by atoms with van der Waals surface area (Å²) in [5.41, 5.74) is 0.655.